The molecule has 0 saturated heterocycles. The Bertz CT molecular complexity index is 1610. The van der Waals surface area contributed by atoms with Gasteiger partial charge in [0.15, 0.2) is 39.5 Å². The molecule has 4 aromatic rings. The summed E-state index contributed by atoms with van der Waals surface area (Å²) >= 11 is 1.28. The lowest BCUT2D eigenvalue weighted by Crippen LogP contribution is -2.31. The second-order valence-corrected chi connectivity index (χ2v) is 9.94. The van der Waals surface area contributed by atoms with Gasteiger partial charge in [-0.05, 0) is 43.7 Å². The molecule has 10 nitrogen and oxygen atoms in total. The summed E-state index contributed by atoms with van der Waals surface area (Å²) in [7, 11) is 5.91. The molecular formula is C28H26N2O8S. The first-order chi connectivity index (χ1) is 18.7. The number of anilines is 1. The quantitative estimate of drug-likeness (QED) is 0.290. The molecule has 1 atom stereocenters. The van der Waals surface area contributed by atoms with Crippen molar-refractivity contribution >= 4 is 39.1 Å². The molecule has 0 fully saturated rings. The minimum absolute atomic E-state index is 0.0605. The number of Topliss-reactive ketones (excluding diaryl/α,β-unsaturated/α-hetero) is 1. The van der Waals surface area contributed by atoms with Crippen molar-refractivity contribution in [3.05, 3.63) is 69.6 Å². The standard InChI is InChI=1S/C28H26N2O8S/c1-13-14(2)39-28(29-13)30-22(16-11-19(35-4)26(37-6)20(12-16)36-5)21(24(32)27(30)33)23(31)18-10-15-8-7-9-17(34-3)25(15)38-18/h7-12,22,32H,1-6H3. The van der Waals surface area contributed by atoms with Crippen molar-refractivity contribution in [1.29, 1.82) is 0 Å². The van der Waals surface area contributed by atoms with Crippen LogP contribution in [0.4, 0.5) is 5.13 Å². The molecule has 1 aliphatic rings. The van der Waals surface area contributed by atoms with Gasteiger partial charge in [0.05, 0.1) is 45.7 Å². The van der Waals surface area contributed by atoms with E-state index in [9.17, 15) is 14.7 Å². The third-order valence-electron chi connectivity index (χ3n) is 6.63. The minimum Gasteiger partial charge on any atom is -0.503 e. The summed E-state index contributed by atoms with van der Waals surface area (Å²) in [6.07, 6.45) is 0. The molecule has 5 rings (SSSR count). The van der Waals surface area contributed by atoms with Crippen molar-refractivity contribution in [1.82, 2.24) is 4.98 Å². The second kappa shape index (κ2) is 9.99. The zero-order valence-corrected chi connectivity index (χ0v) is 23.0. The third kappa shape index (κ3) is 4.15. The summed E-state index contributed by atoms with van der Waals surface area (Å²) in [6.45, 7) is 3.71. The Morgan fingerprint density at radius 1 is 1.00 bits per heavy atom. The lowest BCUT2D eigenvalue weighted by molar-refractivity contribution is -0.117. The van der Waals surface area contributed by atoms with Crippen LogP contribution in [-0.4, -0.2) is 50.2 Å². The topological polar surface area (TPSA) is 121 Å². The van der Waals surface area contributed by atoms with Gasteiger partial charge in [-0.1, -0.05) is 12.1 Å². The average molecular weight is 551 g/mol. The summed E-state index contributed by atoms with van der Waals surface area (Å²) in [4.78, 5) is 34.3. The van der Waals surface area contributed by atoms with Crippen LogP contribution in [0.15, 0.2) is 52.1 Å². The molecule has 1 unspecified atom stereocenters. The number of aliphatic hydroxyl groups is 1. The normalized spacial score (nSPS) is 15.3. The summed E-state index contributed by atoms with van der Waals surface area (Å²) in [5, 5.41) is 12.1. The number of hydrogen-bond acceptors (Lipinski definition) is 10. The lowest BCUT2D eigenvalue weighted by atomic mass is 9.94. The van der Waals surface area contributed by atoms with Crippen LogP contribution in [0.2, 0.25) is 0 Å². The fraction of sp³-hybridized carbons (Fsp3) is 0.250. The van der Waals surface area contributed by atoms with Gasteiger partial charge in [-0.2, -0.15) is 0 Å². The molecule has 11 heteroatoms. The van der Waals surface area contributed by atoms with Gasteiger partial charge in [-0.3, -0.25) is 14.5 Å². The molecule has 0 aliphatic carbocycles. The minimum atomic E-state index is -1.07. The molecule has 0 bridgehead atoms. The molecule has 0 saturated carbocycles. The Morgan fingerprint density at radius 2 is 1.67 bits per heavy atom. The molecule has 0 radical (unpaired) electrons. The number of amides is 1. The number of para-hydroxylation sites is 1. The maximum atomic E-state index is 14.0. The van der Waals surface area contributed by atoms with E-state index in [1.165, 1.54) is 44.7 Å². The number of carbonyl (C=O) groups excluding carboxylic acids is 2. The van der Waals surface area contributed by atoms with E-state index in [-0.39, 0.29) is 11.3 Å². The summed E-state index contributed by atoms with van der Waals surface area (Å²) < 4.78 is 27.8. The Hall–Kier alpha value is -4.51. The fourth-order valence-corrected chi connectivity index (χ4v) is 5.55. The summed E-state index contributed by atoms with van der Waals surface area (Å²) in [5.41, 5.74) is 1.37. The molecule has 1 amide bonds. The van der Waals surface area contributed by atoms with Crippen molar-refractivity contribution in [2.75, 3.05) is 33.3 Å². The van der Waals surface area contributed by atoms with Crippen molar-refractivity contribution in [2.45, 2.75) is 19.9 Å². The van der Waals surface area contributed by atoms with Gasteiger partial charge in [-0.15, -0.1) is 11.3 Å². The number of ether oxygens (including phenoxy) is 4. The molecule has 1 N–H and O–H groups in total. The number of aliphatic hydroxyl groups excluding tert-OH is 1. The van der Waals surface area contributed by atoms with Crippen LogP contribution in [0.25, 0.3) is 11.0 Å². The molecule has 0 spiro atoms. The number of aromatic nitrogens is 1. The maximum Gasteiger partial charge on any atom is 0.296 e. The number of thiazole rings is 1. The smallest absolute Gasteiger partial charge is 0.296 e. The number of benzene rings is 2. The number of carbonyl (C=O) groups is 2. The number of fused-ring (bicyclic) bond motifs is 1. The zero-order chi connectivity index (χ0) is 28.0. The fourth-order valence-electron chi connectivity index (χ4n) is 4.61. The van der Waals surface area contributed by atoms with Gasteiger partial charge in [-0.25, -0.2) is 4.98 Å². The molecule has 3 heterocycles. The lowest BCUT2D eigenvalue weighted by Gasteiger charge is -2.25. The zero-order valence-electron chi connectivity index (χ0n) is 22.1. The Kier molecular flexibility index (Phi) is 6.69. The Balaban J connectivity index is 1.72. The van der Waals surface area contributed by atoms with Crippen molar-refractivity contribution in [3.63, 3.8) is 0 Å². The van der Waals surface area contributed by atoms with Crippen LogP contribution in [0.3, 0.4) is 0 Å². The van der Waals surface area contributed by atoms with Crippen molar-refractivity contribution < 1.29 is 38.1 Å². The highest BCUT2D eigenvalue weighted by atomic mass is 32.1. The van der Waals surface area contributed by atoms with Gasteiger partial charge >= 0.3 is 0 Å². The van der Waals surface area contributed by atoms with Gasteiger partial charge in [0.1, 0.15) is 0 Å². The third-order valence-corrected chi connectivity index (χ3v) is 7.70. The van der Waals surface area contributed by atoms with E-state index in [1.54, 1.807) is 36.4 Å². The molecule has 2 aromatic heterocycles. The van der Waals surface area contributed by atoms with Crippen LogP contribution >= 0.6 is 11.3 Å². The van der Waals surface area contributed by atoms with Gasteiger partial charge in [0.25, 0.3) is 5.91 Å². The second-order valence-electron chi connectivity index (χ2n) is 8.76. The number of aryl methyl sites for hydroxylation is 2. The highest BCUT2D eigenvalue weighted by molar-refractivity contribution is 7.15. The first kappa shape index (κ1) is 26.1. The largest absolute Gasteiger partial charge is 0.503 e. The van der Waals surface area contributed by atoms with Gasteiger partial charge in [0.2, 0.25) is 11.5 Å². The first-order valence-electron chi connectivity index (χ1n) is 11.9. The summed E-state index contributed by atoms with van der Waals surface area (Å²) in [6, 6.07) is 9.00. The van der Waals surface area contributed by atoms with Gasteiger partial charge < -0.3 is 28.5 Å². The van der Waals surface area contributed by atoms with Gasteiger partial charge in [0, 0.05) is 10.3 Å². The number of ketones is 1. The van der Waals surface area contributed by atoms with E-state index in [4.69, 9.17) is 23.4 Å². The number of rotatable bonds is 8. The van der Waals surface area contributed by atoms with E-state index in [2.05, 4.69) is 4.98 Å². The number of furan rings is 1. The molecule has 202 valence electrons. The van der Waals surface area contributed by atoms with Crippen LogP contribution < -0.4 is 23.8 Å². The van der Waals surface area contributed by atoms with E-state index in [1.807, 2.05) is 13.8 Å². The highest BCUT2D eigenvalue weighted by Crippen LogP contribution is 2.48. The average Bonchev–Trinajstić information content (AvgIpc) is 3.60. The molecule has 39 heavy (non-hydrogen) atoms. The van der Waals surface area contributed by atoms with Crippen LogP contribution in [-0.2, 0) is 4.79 Å². The summed E-state index contributed by atoms with van der Waals surface area (Å²) in [5.74, 6) is -0.763. The highest BCUT2D eigenvalue weighted by Gasteiger charge is 2.47. The number of methoxy groups -OCH3 is 4. The maximum absolute atomic E-state index is 14.0. The molecular weight excluding hydrogens is 524 g/mol. The Morgan fingerprint density at radius 3 is 2.23 bits per heavy atom. The first-order valence-corrected chi connectivity index (χ1v) is 12.7. The number of nitrogens with zero attached hydrogens (tertiary/aromatic N) is 2. The van der Waals surface area contributed by atoms with E-state index in [0.29, 0.717) is 44.7 Å². The van der Waals surface area contributed by atoms with Crippen LogP contribution in [0, 0.1) is 13.8 Å². The van der Waals surface area contributed by atoms with Crippen molar-refractivity contribution in [3.8, 4) is 23.0 Å². The van der Waals surface area contributed by atoms with E-state index in [0.717, 1.165) is 10.6 Å². The monoisotopic (exact) mass is 550 g/mol. The predicted molar refractivity (Wildman–Crippen MR) is 145 cm³/mol. The van der Waals surface area contributed by atoms with Crippen LogP contribution in [0.1, 0.15) is 32.7 Å². The van der Waals surface area contributed by atoms with Crippen molar-refractivity contribution in [2.24, 2.45) is 0 Å². The van der Waals surface area contributed by atoms with E-state index >= 15 is 0 Å². The SMILES string of the molecule is COc1cc(C2C(C(=O)c3cc4cccc(OC)c4o3)=C(O)C(=O)N2c2nc(C)c(C)s2)cc(OC)c1OC. The Labute approximate surface area is 228 Å². The van der Waals surface area contributed by atoms with E-state index < -0.39 is 23.5 Å². The number of hydrogen-bond donors (Lipinski definition) is 1. The molecule has 1 aliphatic heterocycles. The predicted octanol–water partition coefficient (Wildman–Crippen LogP) is 5.32. The van der Waals surface area contributed by atoms with Crippen LogP contribution in [0.5, 0.6) is 23.0 Å². The molecule has 2 aromatic carbocycles.